The molecule has 1 saturated heterocycles. The fraction of sp³-hybridized carbons (Fsp3) is 0.368. The zero-order chi connectivity index (χ0) is 16.4. The Bertz CT molecular complexity index is 754. The van der Waals surface area contributed by atoms with Crippen molar-refractivity contribution in [1.82, 2.24) is 4.31 Å². The highest BCUT2D eigenvalue weighted by atomic mass is 32.2. The topological polar surface area (TPSA) is 37.4 Å². The van der Waals surface area contributed by atoms with Gasteiger partial charge < -0.3 is 0 Å². The van der Waals surface area contributed by atoms with Crippen LogP contribution in [0.1, 0.15) is 43.4 Å². The molecular weight excluding hydrogens is 306 g/mol. The molecule has 0 aliphatic carbocycles. The van der Waals surface area contributed by atoms with Crippen LogP contribution in [0.15, 0.2) is 59.5 Å². The van der Waals surface area contributed by atoms with E-state index < -0.39 is 10.0 Å². The molecule has 0 amide bonds. The number of hydrogen-bond acceptors (Lipinski definition) is 2. The molecule has 0 aromatic heterocycles. The molecule has 1 aliphatic rings. The quantitative estimate of drug-likeness (QED) is 0.820. The summed E-state index contributed by atoms with van der Waals surface area (Å²) in [5.41, 5.74) is 2.15. The van der Waals surface area contributed by atoms with Crippen molar-refractivity contribution >= 4 is 10.0 Å². The van der Waals surface area contributed by atoms with Gasteiger partial charge in [0.2, 0.25) is 10.0 Å². The van der Waals surface area contributed by atoms with Crippen LogP contribution < -0.4 is 0 Å². The van der Waals surface area contributed by atoms with E-state index in [1.807, 2.05) is 49.4 Å². The SMILES string of the molecule is CCC[C@H]1C[C@@H](c2ccccc2)N1S(=O)(=O)c1ccc(C)cc1. The van der Waals surface area contributed by atoms with Crippen molar-refractivity contribution in [2.75, 3.05) is 0 Å². The first kappa shape index (κ1) is 16.2. The summed E-state index contributed by atoms with van der Waals surface area (Å²) in [6.07, 6.45) is 2.81. The number of aryl methyl sites for hydroxylation is 1. The summed E-state index contributed by atoms with van der Waals surface area (Å²) in [5, 5.41) is 0. The third kappa shape index (κ3) is 3.06. The molecule has 2 atom stereocenters. The van der Waals surface area contributed by atoms with E-state index >= 15 is 0 Å². The van der Waals surface area contributed by atoms with E-state index in [0.29, 0.717) is 4.90 Å². The zero-order valence-corrected chi connectivity index (χ0v) is 14.5. The van der Waals surface area contributed by atoms with Crippen LogP contribution in [-0.2, 0) is 10.0 Å². The van der Waals surface area contributed by atoms with E-state index in [0.717, 1.165) is 30.4 Å². The van der Waals surface area contributed by atoms with Crippen LogP contribution in [0.5, 0.6) is 0 Å². The standard InChI is InChI=1S/C19H23NO2S/c1-3-7-17-14-19(16-8-5-4-6-9-16)20(17)23(21,22)18-12-10-15(2)11-13-18/h4-6,8-13,17,19H,3,7,14H2,1-2H3/t17-,19-/m0/s1. The van der Waals surface area contributed by atoms with E-state index in [-0.39, 0.29) is 12.1 Å². The average molecular weight is 329 g/mol. The molecule has 1 fully saturated rings. The van der Waals surface area contributed by atoms with Gasteiger partial charge in [0, 0.05) is 6.04 Å². The highest BCUT2D eigenvalue weighted by Gasteiger charge is 2.46. The predicted octanol–water partition coefficient (Wildman–Crippen LogP) is 4.30. The Balaban J connectivity index is 1.96. The van der Waals surface area contributed by atoms with Gasteiger partial charge in [-0.3, -0.25) is 0 Å². The molecule has 0 N–H and O–H groups in total. The molecule has 0 bridgehead atoms. The van der Waals surface area contributed by atoms with E-state index in [4.69, 9.17) is 0 Å². The lowest BCUT2D eigenvalue weighted by Gasteiger charge is -2.47. The van der Waals surface area contributed by atoms with Crippen LogP contribution in [0.3, 0.4) is 0 Å². The van der Waals surface area contributed by atoms with Gasteiger partial charge in [-0.05, 0) is 37.5 Å². The number of nitrogens with zero attached hydrogens (tertiary/aromatic N) is 1. The van der Waals surface area contributed by atoms with Gasteiger partial charge in [-0.2, -0.15) is 4.31 Å². The lowest BCUT2D eigenvalue weighted by Crippen LogP contribution is -2.53. The van der Waals surface area contributed by atoms with Gasteiger partial charge in [-0.25, -0.2) is 8.42 Å². The van der Waals surface area contributed by atoms with E-state index in [1.54, 1.807) is 16.4 Å². The Kier molecular flexibility index (Phi) is 4.55. The second-order valence-electron chi connectivity index (χ2n) is 6.25. The summed E-state index contributed by atoms with van der Waals surface area (Å²) >= 11 is 0. The molecule has 4 heteroatoms. The fourth-order valence-corrected chi connectivity index (χ4v) is 5.16. The minimum Gasteiger partial charge on any atom is -0.207 e. The van der Waals surface area contributed by atoms with Crippen molar-refractivity contribution in [3.05, 3.63) is 65.7 Å². The lowest BCUT2D eigenvalue weighted by molar-refractivity contribution is 0.103. The summed E-state index contributed by atoms with van der Waals surface area (Å²) in [6.45, 7) is 4.07. The van der Waals surface area contributed by atoms with Crippen LogP contribution in [0, 0.1) is 6.92 Å². The van der Waals surface area contributed by atoms with Crippen LogP contribution in [-0.4, -0.2) is 18.8 Å². The van der Waals surface area contributed by atoms with Gasteiger partial charge in [0.05, 0.1) is 10.9 Å². The summed E-state index contributed by atoms with van der Waals surface area (Å²) in [6, 6.07) is 17.2. The molecule has 0 spiro atoms. The Morgan fingerprint density at radius 2 is 1.70 bits per heavy atom. The Morgan fingerprint density at radius 1 is 1.04 bits per heavy atom. The first-order chi connectivity index (χ1) is 11.0. The number of rotatable bonds is 5. The van der Waals surface area contributed by atoms with Crippen molar-refractivity contribution in [2.24, 2.45) is 0 Å². The third-order valence-corrected chi connectivity index (χ3v) is 6.54. The van der Waals surface area contributed by atoms with Crippen LogP contribution in [0.2, 0.25) is 0 Å². The summed E-state index contributed by atoms with van der Waals surface area (Å²) < 4.78 is 28.0. The second kappa shape index (κ2) is 6.46. The highest BCUT2D eigenvalue weighted by molar-refractivity contribution is 7.89. The molecule has 23 heavy (non-hydrogen) atoms. The van der Waals surface area contributed by atoms with Crippen LogP contribution in [0.25, 0.3) is 0 Å². The van der Waals surface area contributed by atoms with Crippen molar-refractivity contribution in [2.45, 2.75) is 50.1 Å². The van der Waals surface area contributed by atoms with Crippen LogP contribution >= 0.6 is 0 Å². The Morgan fingerprint density at radius 3 is 2.30 bits per heavy atom. The maximum Gasteiger partial charge on any atom is 0.243 e. The van der Waals surface area contributed by atoms with Gasteiger partial charge in [0.15, 0.2) is 0 Å². The molecule has 3 rings (SSSR count). The monoisotopic (exact) mass is 329 g/mol. The molecule has 122 valence electrons. The number of benzene rings is 2. The van der Waals surface area contributed by atoms with Gasteiger partial charge in [0.1, 0.15) is 0 Å². The zero-order valence-electron chi connectivity index (χ0n) is 13.6. The summed E-state index contributed by atoms with van der Waals surface area (Å²) in [5.74, 6) is 0. The van der Waals surface area contributed by atoms with Gasteiger partial charge in [-0.1, -0.05) is 61.4 Å². The summed E-state index contributed by atoms with van der Waals surface area (Å²) in [7, 11) is -3.45. The fourth-order valence-electron chi connectivity index (χ4n) is 3.31. The lowest BCUT2D eigenvalue weighted by atomic mass is 9.88. The van der Waals surface area contributed by atoms with Crippen molar-refractivity contribution in [3.63, 3.8) is 0 Å². The number of sulfonamides is 1. The summed E-state index contributed by atoms with van der Waals surface area (Å²) in [4.78, 5) is 0.393. The van der Waals surface area contributed by atoms with Crippen molar-refractivity contribution < 1.29 is 8.42 Å². The maximum absolute atomic E-state index is 13.1. The Hall–Kier alpha value is -1.65. The van der Waals surface area contributed by atoms with Crippen LogP contribution in [0.4, 0.5) is 0 Å². The molecule has 0 unspecified atom stereocenters. The van der Waals surface area contributed by atoms with Gasteiger partial charge in [-0.15, -0.1) is 0 Å². The molecule has 0 radical (unpaired) electrons. The smallest absolute Gasteiger partial charge is 0.207 e. The predicted molar refractivity (Wildman–Crippen MR) is 92.7 cm³/mol. The normalized spacial score (nSPS) is 21.8. The first-order valence-corrected chi connectivity index (χ1v) is 9.63. The number of hydrogen-bond donors (Lipinski definition) is 0. The van der Waals surface area contributed by atoms with Crippen molar-refractivity contribution in [3.8, 4) is 0 Å². The largest absolute Gasteiger partial charge is 0.243 e. The average Bonchev–Trinajstić information content (AvgIpc) is 2.52. The minimum absolute atomic E-state index is 0.0425. The molecular formula is C19H23NO2S. The minimum atomic E-state index is -3.45. The molecule has 1 heterocycles. The molecule has 2 aromatic rings. The third-order valence-electron chi connectivity index (χ3n) is 4.57. The van der Waals surface area contributed by atoms with Crippen molar-refractivity contribution in [1.29, 1.82) is 0 Å². The molecule has 1 aliphatic heterocycles. The maximum atomic E-state index is 13.1. The van der Waals surface area contributed by atoms with E-state index in [1.165, 1.54) is 0 Å². The van der Waals surface area contributed by atoms with E-state index in [2.05, 4.69) is 6.92 Å². The highest BCUT2D eigenvalue weighted by Crippen LogP contribution is 2.44. The van der Waals surface area contributed by atoms with E-state index in [9.17, 15) is 8.42 Å². The second-order valence-corrected chi connectivity index (χ2v) is 8.10. The van der Waals surface area contributed by atoms with Gasteiger partial charge in [0.25, 0.3) is 0 Å². The molecule has 2 aromatic carbocycles. The molecule has 3 nitrogen and oxygen atoms in total. The molecule has 0 saturated carbocycles. The van der Waals surface area contributed by atoms with Gasteiger partial charge >= 0.3 is 0 Å². The Labute approximate surface area is 139 Å². The first-order valence-electron chi connectivity index (χ1n) is 8.19.